The van der Waals surface area contributed by atoms with Crippen LogP contribution in [0.25, 0.3) is 6.08 Å². The van der Waals surface area contributed by atoms with Crippen molar-refractivity contribution in [3.8, 4) is 11.5 Å². The molecule has 4 heteroatoms. The summed E-state index contributed by atoms with van der Waals surface area (Å²) in [5.74, 6) is 1.71. The minimum absolute atomic E-state index is 0.00460. The second kappa shape index (κ2) is 9.75. The van der Waals surface area contributed by atoms with Crippen LogP contribution >= 0.6 is 0 Å². The fraction of sp³-hybridized carbons (Fsp3) is 0.400. The molecule has 4 nitrogen and oxygen atoms in total. The van der Waals surface area contributed by atoms with E-state index in [0.29, 0.717) is 12.2 Å². The van der Waals surface area contributed by atoms with Gasteiger partial charge in [-0.2, -0.15) is 0 Å². The molecule has 0 unspecified atom stereocenters. The van der Waals surface area contributed by atoms with Gasteiger partial charge in [-0.1, -0.05) is 12.1 Å². The lowest BCUT2D eigenvalue weighted by Gasteiger charge is -2.17. The Labute approximate surface area is 174 Å². The summed E-state index contributed by atoms with van der Waals surface area (Å²) >= 11 is 0. The second-order valence-corrected chi connectivity index (χ2v) is 7.76. The summed E-state index contributed by atoms with van der Waals surface area (Å²) in [4.78, 5) is 15.1. The molecule has 0 spiro atoms. The highest BCUT2D eigenvalue weighted by Gasteiger charge is 2.13. The molecule has 0 aliphatic carbocycles. The van der Waals surface area contributed by atoms with E-state index in [1.807, 2.05) is 57.2 Å². The second-order valence-electron chi connectivity index (χ2n) is 7.76. The smallest absolute Gasteiger partial charge is 0.185 e. The zero-order valence-electron chi connectivity index (χ0n) is 18.0. The fourth-order valence-electron chi connectivity index (χ4n) is 3.83. The third-order valence-corrected chi connectivity index (χ3v) is 5.49. The molecule has 0 radical (unpaired) electrons. The number of nitrogens with zero attached hydrogens (tertiary/aromatic N) is 1. The number of ketones is 1. The monoisotopic (exact) mass is 393 g/mol. The van der Waals surface area contributed by atoms with E-state index in [0.717, 1.165) is 40.3 Å². The van der Waals surface area contributed by atoms with Crippen molar-refractivity contribution in [1.82, 2.24) is 4.90 Å². The third-order valence-electron chi connectivity index (χ3n) is 5.49. The molecule has 3 rings (SSSR count). The van der Waals surface area contributed by atoms with Crippen LogP contribution in [0.15, 0.2) is 36.4 Å². The highest BCUT2D eigenvalue weighted by molar-refractivity contribution is 6.07. The highest BCUT2D eigenvalue weighted by atomic mass is 16.5. The molecule has 0 atom stereocenters. The summed E-state index contributed by atoms with van der Waals surface area (Å²) in [5, 5.41) is 0. The summed E-state index contributed by atoms with van der Waals surface area (Å²) in [5.41, 5.74) is 4.78. The molecule has 29 heavy (non-hydrogen) atoms. The zero-order valence-corrected chi connectivity index (χ0v) is 18.0. The maximum absolute atomic E-state index is 12.7. The molecule has 1 heterocycles. The quantitative estimate of drug-likeness (QED) is 0.468. The summed E-state index contributed by atoms with van der Waals surface area (Å²) in [7, 11) is 1.65. The number of hydrogen-bond acceptors (Lipinski definition) is 4. The molecule has 1 saturated heterocycles. The Bertz CT molecular complexity index is 872. The Morgan fingerprint density at radius 1 is 1.03 bits per heavy atom. The number of benzene rings is 2. The van der Waals surface area contributed by atoms with Gasteiger partial charge in [0.25, 0.3) is 0 Å². The summed E-state index contributed by atoms with van der Waals surface area (Å²) in [6, 6.07) is 9.68. The largest absolute Gasteiger partial charge is 0.497 e. The van der Waals surface area contributed by atoms with E-state index < -0.39 is 0 Å². The van der Waals surface area contributed by atoms with Crippen LogP contribution in [-0.2, 0) is 0 Å². The zero-order chi connectivity index (χ0) is 20.8. The molecule has 154 valence electrons. The maximum atomic E-state index is 12.7. The van der Waals surface area contributed by atoms with Gasteiger partial charge in [0.2, 0.25) is 0 Å². The number of likely N-dealkylation sites (tertiary alicyclic amines) is 1. The first-order valence-electron chi connectivity index (χ1n) is 10.3. The number of aryl methyl sites for hydroxylation is 3. The van der Waals surface area contributed by atoms with Crippen molar-refractivity contribution < 1.29 is 14.3 Å². The Hall–Kier alpha value is -2.59. The van der Waals surface area contributed by atoms with Crippen molar-refractivity contribution in [1.29, 1.82) is 0 Å². The lowest BCUT2D eigenvalue weighted by Crippen LogP contribution is -2.25. The number of hydrogen-bond donors (Lipinski definition) is 0. The van der Waals surface area contributed by atoms with Crippen molar-refractivity contribution in [3.63, 3.8) is 0 Å². The number of carbonyl (C=O) groups is 1. The van der Waals surface area contributed by atoms with Crippen LogP contribution in [0.2, 0.25) is 0 Å². The van der Waals surface area contributed by atoms with Gasteiger partial charge < -0.3 is 9.47 Å². The van der Waals surface area contributed by atoms with Crippen LogP contribution < -0.4 is 9.47 Å². The first-order valence-corrected chi connectivity index (χ1v) is 10.3. The van der Waals surface area contributed by atoms with Crippen LogP contribution in [0.3, 0.4) is 0 Å². The Morgan fingerprint density at radius 3 is 2.34 bits per heavy atom. The molecule has 0 N–H and O–H groups in total. The van der Waals surface area contributed by atoms with Gasteiger partial charge >= 0.3 is 0 Å². The fourth-order valence-corrected chi connectivity index (χ4v) is 3.83. The van der Waals surface area contributed by atoms with Gasteiger partial charge in [-0.15, -0.1) is 0 Å². The van der Waals surface area contributed by atoms with Gasteiger partial charge in [0.05, 0.1) is 7.11 Å². The summed E-state index contributed by atoms with van der Waals surface area (Å²) < 4.78 is 11.3. The molecule has 2 aromatic carbocycles. The molecular formula is C25H31NO3. The SMILES string of the molecule is COc1ccc(/C=C/C(=O)c2cc(C)c(OCCN3CCCC3)c(C)c2)c(C)c1. The van der Waals surface area contributed by atoms with E-state index >= 15 is 0 Å². The number of allylic oxidation sites excluding steroid dienone is 1. The molecule has 0 bridgehead atoms. The Balaban J connectivity index is 1.66. The van der Waals surface area contributed by atoms with E-state index in [4.69, 9.17) is 9.47 Å². The van der Waals surface area contributed by atoms with E-state index in [1.54, 1.807) is 13.2 Å². The van der Waals surface area contributed by atoms with Crippen LogP contribution in [0, 0.1) is 20.8 Å². The van der Waals surface area contributed by atoms with E-state index in [2.05, 4.69) is 4.90 Å². The van der Waals surface area contributed by atoms with Gasteiger partial charge in [0.15, 0.2) is 5.78 Å². The Kier molecular flexibility index (Phi) is 7.10. The van der Waals surface area contributed by atoms with Gasteiger partial charge in [0, 0.05) is 12.1 Å². The molecule has 0 aromatic heterocycles. The van der Waals surface area contributed by atoms with Crippen molar-refractivity contribution in [3.05, 3.63) is 64.2 Å². The van der Waals surface area contributed by atoms with Crippen molar-refractivity contribution in [2.24, 2.45) is 0 Å². The molecule has 1 aliphatic rings. The first-order chi connectivity index (χ1) is 14.0. The van der Waals surface area contributed by atoms with Crippen molar-refractivity contribution >= 4 is 11.9 Å². The molecular weight excluding hydrogens is 362 g/mol. The predicted octanol–water partition coefficient (Wildman–Crippen LogP) is 4.99. The highest BCUT2D eigenvalue weighted by Crippen LogP contribution is 2.26. The van der Waals surface area contributed by atoms with Crippen molar-refractivity contribution in [2.45, 2.75) is 33.6 Å². The van der Waals surface area contributed by atoms with E-state index in [1.165, 1.54) is 25.9 Å². The standard InChI is InChI=1S/C25H31NO3/c1-18-17-23(28-4)9-7-21(18)8-10-24(27)22-15-19(2)25(20(3)16-22)29-14-13-26-11-5-6-12-26/h7-10,15-17H,5-6,11-14H2,1-4H3/b10-8+. The van der Waals surface area contributed by atoms with Crippen LogP contribution in [-0.4, -0.2) is 44.0 Å². The average molecular weight is 394 g/mol. The molecule has 2 aromatic rings. The summed E-state index contributed by atoms with van der Waals surface area (Å²) in [6.45, 7) is 10.0. The average Bonchev–Trinajstić information content (AvgIpc) is 3.22. The third kappa shape index (κ3) is 5.48. The van der Waals surface area contributed by atoms with Crippen molar-refractivity contribution in [2.75, 3.05) is 33.4 Å². The lowest BCUT2D eigenvalue weighted by atomic mass is 10.0. The van der Waals surface area contributed by atoms with E-state index in [9.17, 15) is 4.79 Å². The summed E-state index contributed by atoms with van der Waals surface area (Å²) in [6.07, 6.45) is 6.08. The molecule has 0 amide bonds. The van der Waals surface area contributed by atoms with Gasteiger partial charge in [0.1, 0.15) is 18.1 Å². The minimum atomic E-state index is -0.00460. The molecule has 1 aliphatic heterocycles. The van der Waals surface area contributed by atoms with Crippen LogP contribution in [0.4, 0.5) is 0 Å². The predicted molar refractivity (Wildman–Crippen MR) is 118 cm³/mol. The van der Waals surface area contributed by atoms with Gasteiger partial charge in [-0.3, -0.25) is 9.69 Å². The van der Waals surface area contributed by atoms with Gasteiger partial charge in [-0.25, -0.2) is 0 Å². The number of rotatable bonds is 8. The Morgan fingerprint density at radius 2 is 1.72 bits per heavy atom. The van der Waals surface area contributed by atoms with Gasteiger partial charge in [-0.05, 0) is 99.3 Å². The molecule has 1 fully saturated rings. The topological polar surface area (TPSA) is 38.8 Å². The molecule has 0 saturated carbocycles. The number of methoxy groups -OCH3 is 1. The van der Waals surface area contributed by atoms with E-state index in [-0.39, 0.29) is 5.78 Å². The lowest BCUT2D eigenvalue weighted by molar-refractivity contribution is 0.104. The van der Waals surface area contributed by atoms with Crippen LogP contribution in [0.1, 0.15) is 45.5 Å². The number of ether oxygens (including phenoxy) is 2. The first kappa shape index (κ1) is 21.1. The number of carbonyl (C=O) groups excluding carboxylic acids is 1. The van der Waals surface area contributed by atoms with Crippen LogP contribution in [0.5, 0.6) is 11.5 Å². The maximum Gasteiger partial charge on any atom is 0.185 e. The minimum Gasteiger partial charge on any atom is -0.497 e. The normalized spacial score (nSPS) is 14.5.